The standard InChI is InChI=1S/C6H10O3.2H3N/c1-3-5(7)9-6(8)4-2;;/h3-4H2,1-2H3;2*1H3. The lowest BCUT2D eigenvalue weighted by Gasteiger charge is -1.95. The maximum atomic E-state index is 10.3. The summed E-state index contributed by atoms with van der Waals surface area (Å²) in [5, 5.41) is 0. The van der Waals surface area contributed by atoms with Crippen LogP contribution < -0.4 is 12.3 Å². The molecule has 0 aliphatic heterocycles. The first-order valence-corrected chi connectivity index (χ1v) is 2.94. The molecule has 0 heterocycles. The van der Waals surface area contributed by atoms with Gasteiger partial charge in [0.15, 0.2) is 0 Å². The average molecular weight is 164 g/mol. The molecular weight excluding hydrogens is 148 g/mol. The van der Waals surface area contributed by atoms with Gasteiger partial charge in [0.1, 0.15) is 0 Å². The summed E-state index contributed by atoms with van der Waals surface area (Å²) < 4.78 is 4.27. The van der Waals surface area contributed by atoms with Crippen molar-refractivity contribution >= 4 is 11.9 Å². The molecule has 0 radical (unpaired) electrons. The lowest BCUT2D eigenvalue weighted by atomic mass is 10.5. The summed E-state index contributed by atoms with van der Waals surface area (Å²) in [5.41, 5.74) is 0. The highest BCUT2D eigenvalue weighted by Crippen LogP contribution is 1.88. The summed E-state index contributed by atoms with van der Waals surface area (Å²) in [7, 11) is 0. The molecule has 0 saturated carbocycles. The van der Waals surface area contributed by atoms with E-state index in [9.17, 15) is 9.59 Å². The Hall–Kier alpha value is -0.940. The monoisotopic (exact) mass is 164 g/mol. The Labute approximate surface area is 66.3 Å². The van der Waals surface area contributed by atoms with Gasteiger partial charge in [0.2, 0.25) is 0 Å². The number of hydrogen-bond acceptors (Lipinski definition) is 5. The van der Waals surface area contributed by atoms with Crippen molar-refractivity contribution in [1.29, 1.82) is 0 Å². The zero-order valence-electron chi connectivity index (χ0n) is 7.05. The smallest absolute Gasteiger partial charge is 0.313 e. The molecule has 5 nitrogen and oxygen atoms in total. The molecule has 0 fully saturated rings. The summed E-state index contributed by atoms with van der Waals surface area (Å²) in [6.45, 7) is 3.29. The van der Waals surface area contributed by atoms with Gasteiger partial charge in [-0.2, -0.15) is 0 Å². The zero-order valence-corrected chi connectivity index (χ0v) is 7.05. The van der Waals surface area contributed by atoms with Gasteiger partial charge in [-0.3, -0.25) is 9.59 Å². The van der Waals surface area contributed by atoms with Crippen LogP contribution in [-0.2, 0) is 14.3 Å². The third-order valence-corrected chi connectivity index (χ3v) is 0.805. The van der Waals surface area contributed by atoms with E-state index in [0.717, 1.165) is 0 Å². The highest BCUT2D eigenvalue weighted by atomic mass is 16.6. The van der Waals surface area contributed by atoms with Crippen LogP contribution >= 0.6 is 0 Å². The van der Waals surface area contributed by atoms with E-state index < -0.39 is 11.9 Å². The van der Waals surface area contributed by atoms with Gasteiger partial charge in [0, 0.05) is 12.8 Å². The lowest BCUT2D eigenvalue weighted by molar-refractivity contribution is -0.159. The third kappa shape index (κ3) is 9.06. The molecule has 5 heteroatoms. The summed E-state index contributed by atoms with van der Waals surface area (Å²) >= 11 is 0. The van der Waals surface area contributed by atoms with Crippen LogP contribution in [0.3, 0.4) is 0 Å². The molecule has 0 aromatic heterocycles. The summed E-state index contributed by atoms with van der Waals surface area (Å²) in [5.74, 6) is -0.913. The normalized spacial score (nSPS) is 7.09. The molecule has 0 amide bonds. The Kier molecular flexibility index (Phi) is 13.6. The SMILES string of the molecule is CCC(=O)OC(=O)CC.N.N. The van der Waals surface area contributed by atoms with E-state index in [2.05, 4.69) is 4.74 Å². The predicted octanol–water partition coefficient (Wildman–Crippen LogP) is 1.20. The van der Waals surface area contributed by atoms with Crippen molar-refractivity contribution < 1.29 is 14.3 Å². The quantitative estimate of drug-likeness (QED) is 0.470. The van der Waals surface area contributed by atoms with Crippen molar-refractivity contribution in [3.63, 3.8) is 0 Å². The Morgan fingerprint density at radius 1 is 1.00 bits per heavy atom. The summed E-state index contributed by atoms with van der Waals surface area (Å²) in [6, 6.07) is 0. The van der Waals surface area contributed by atoms with Crippen molar-refractivity contribution in [2.24, 2.45) is 0 Å². The van der Waals surface area contributed by atoms with E-state index in [-0.39, 0.29) is 25.1 Å². The van der Waals surface area contributed by atoms with Crippen molar-refractivity contribution in [3.8, 4) is 0 Å². The van der Waals surface area contributed by atoms with Crippen LogP contribution in [0.25, 0.3) is 0 Å². The van der Waals surface area contributed by atoms with Crippen LogP contribution in [0.4, 0.5) is 0 Å². The average Bonchev–Trinajstić information content (AvgIpc) is 1.87. The van der Waals surface area contributed by atoms with E-state index in [1.807, 2.05) is 0 Å². The van der Waals surface area contributed by atoms with Crippen LogP contribution in [0.5, 0.6) is 0 Å². The van der Waals surface area contributed by atoms with Gasteiger partial charge in [0.25, 0.3) is 0 Å². The Bertz CT molecular complexity index is 111. The van der Waals surface area contributed by atoms with Crippen molar-refractivity contribution in [2.45, 2.75) is 26.7 Å². The number of ether oxygens (including phenoxy) is 1. The fraction of sp³-hybridized carbons (Fsp3) is 0.667. The maximum absolute atomic E-state index is 10.3. The first kappa shape index (κ1) is 16.6. The molecular formula is C6H16N2O3. The molecule has 0 aliphatic carbocycles. The third-order valence-electron chi connectivity index (χ3n) is 0.805. The molecule has 0 aromatic carbocycles. The minimum atomic E-state index is -0.457. The second-order valence-corrected chi connectivity index (χ2v) is 1.55. The fourth-order valence-electron chi connectivity index (χ4n) is 0.271. The van der Waals surface area contributed by atoms with Crippen molar-refractivity contribution in [3.05, 3.63) is 0 Å². The molecule has 0 bridgehead atoms. The molecule has 68 valence electrons. The minimum absolute atomic E-state index is 0. The molecule has 0 atom stereocenters. The van der Waals surface area contributed by atoms with Gasteiger partial charge in [-0.15, -0.1) is 0 Å². The molecule has 0 rings (SSSR count). The highest BCUT2D eigenvalue weighted by molar-refractivity contribution is 5.84. The van der Waals surface area contributed by atoms with Crippen LogP contribution in [-0.4, -0.2) is 11.9 Å². The minimum Gasteiger partial charge on any atom is -0.393 e. The largest absolute Gasteiger partial charge is 0.393 e. The van der Waals surface area contributed by atoms with Gasteiger partial charge in [-0.25, -0.2) is 0 Å². The van der Waals surface area contributed by atoms with E-state index in [0.29, 0.717) is 0 Å². The van der Waals surface area contributed by atoms with Gasteiger partial charge in [-0.1, -0.05) is 13.8 Å². The second kappa shape index (κ2) is 9.06. The number of carbonyl (C=O) groups excluding carboxylic acids is 2. The molecule has 0 unspecified atom stereocenters. The number of hydrogen-bond donors (Lipinski definition) is 2. The fourth-order valence-corrected chi connectivity index (χ4v) is 0.271. The van der Waals surface area contributed by atoms with E-state index in [4.69, 9.17) is 0 Å². The Morgan fingerprint density at radius 2 is 1.27 bits per heavy atom. The molecule has 6 N–H and O–H groups in total. The highest BCUT2D eigenvalue weighted by Gasteiger charge is 2.03. The van der Waals surface area contributed by atoms with Gasteiger partial charge >= 0.3 is 11.9 Å². The zero-order chi connectivity index (χ0) is 7.28. The van der Waals surface area contributed by atoms with E-state index in [1.165, 1.54) is 0 Å². The van der Waals surface area contributed by atoms with Crippen LogP contribution in [0.2, 0.25) is 0 Å². The van der Waals surface area contributed by atoms with Crippen molar-refractivity contribution in [1.82, 2.24) is 12.3 Å². The number of rotatable bonds is 2. The molecule has 0 aliphatic rings. The lowest BCUT2D eigenvalue weighted by Crippen LogP contribution is -2.09. The summed E-state index contributed by atoms with van der Waals surface area (Å²) in [6.07, 6.45) is 0.511. The topological polar surface area (TPSA) is 113 Å². The van der Waals surface area contributed by atoms with E-state index in [1.54, 1.807) is 13.8 Å². The number of carbonyl (C=O) groups is 2. The van der Waals surface area contributed by atoms with E-state index >= 15 is 0 Å². The van der Waals surface area contributed by atoms with Crippen LogP contribution in [0.15, 0.2) is 0 Å². The second-order valence-electron chi connectivity index (χ2n) is 1.55. The Morgan fingerprint density at radius 3 is 1.45 bits per heavy atom. The van der Waals surface area contributed by atoms with Crippen LogP contribution in [0, 0.1) is 0 Å². The Balaban J connectivity index is -0.000000320. The first-order valence-electron chi connectivity index (χ1n) is 2.94. The first-order chi connectivity index (χ1) is 4.20. The molecule has 11 heavy (non-hydrogen) atoms. The summed E-state index contributed by atoms with van der Waals surface area (Å²) in [4.78, 5) is 20.7. The van der Waals surface area contributed by atoms with Gasteiger partial charge < -0.3 is 17.0 Å². The van der Waals surface area contributed by atoms with Crippen LogP contribution in [0.1, 0.15) is 26.7 Å². The maximum Gasteiger partial charge on any atom is 0.313 e. The van der Waals surface area contributed by atoms with Crippen molar-refractivity contribution in [2.75, 3.05) is 0 Å². The van der Waals surface area contributed by atoms with Gasteiger partial charge in [0.05, 0.1) is 0 Å². The van der Waals surface area contributed by atoms with Gasteiger partial charge in [-0.05, 0) is 0 Å². The number of esters is 2. The predicted molar refractivity (Wildman–Crippen MR) is 41.7 cm³/mol. The molecule has 0 aromatic rings. The molecule has 0 spiro atoms. The molecule has 0 saturated heterocycles.